The van der Waals surface area contributed by atoms with E-state index in [0.717, 1.165) is 5.75 Å². The number of hydrogen-bond acceptors (Lipinski definition) is 5. The van der Waals surface area contributed by atoms with Gasteiger partial charge in [-0.3, -0.25) is 4.79 Å². The van der Waals surface area contributed by atoms with Crippen LogP contribution in [0.4, 0.5) is 0 Å². The van der Waals surface area contributed by atoms with Crippen LogP contribution < -0.4 is 5.32 Å². The minimum atomic E-state index is -0.634. The van der Waals surface area contributed by atoms with Gasteiger partial charge in [0.25, 0.3) is 5.91 Å². The van der Waals surface area contributed by atoms with Gasteiger partial charge in [0.15, 0.2) is 5.76 Å². The van der Waals surface area contributed by atoms with E-state index < -0.39 is 17.9 Å². The Hall–Kier alpha value is -1.43. The highest BCUT2D eigenvalue weighted by Crippen LogP contribution is 2.05. The molecule has 5 nitrogen and oxygen atoms in total. The van der Waals surface area contributed by atoms with E-state index >= 15 is 0 Å². The second-order valence-electron chi connectivity index (χ2n) is 3.31. The molecule has 0 aliphatic rings. The molecule has 0 unspecified atom stereocenters. The van der Waals surface area contributed by atoms with Gasteiger partial charge < -0.3 is 14.5 Å². The van der Waals surface area contributed by atoms with Gasteiger partial charge in [0.05, 0.1) is 13.4 Å². The number of carbonyl (C=O) groups excluding carboxylic acids is 2. The van der Waals surface area contributed by atoms with Crippen LogP contribution in [0.5, 0.6) is 0 Å². The van der Waals surface area contributed by atoms with Crippen molar-refractivity contribution in [3.05, 3.63) is 24.2 Å². The summed E-state index contributed by atoms with van der Waals surface area (Å²) in [5.74, 6) is 0.0894. The summed E-state index contributed by atoms with van der Waals surface area (Å²) in [6, 6.07) is 2.52. The minimum absolute atomic E-state index is 0.183. The van der Waals surface area contributed by atoms with Gasteiger partial charge in [-0.2, -0.15) is 11.8 Å². The molecule has 17 heavy (non-hydrogen) atoms. The third-order valence-electron chi connectivity index (χ3n) is 2.15. The van der Waals surface area contributed by atoms with E-state index in [1.54, 1.807) is 17.8 Å². The zero-order valence-corrected chi connectivity index (χ0v) is 10.6. The average Bonchev–Trinajstić information content (AvgIpc) is 2.87. The molecule has 1 aromatic heterocycles. The summed E-state index contributed by atoms with van der Waals surface area (Å²) in [5.41, 5.74) is 0. The zero-order chi connectivity index (χ0) is 12.7. The summed E-state index contributed by atoms with van der Waals surface area (Å²) in [7, 11) is 1.30. The largest absolute Gasteiger partial charge is 0.467 e. The van der Waals surface area contributed by atoms with Crippen molar-refractivity contribution in [2.75, 3.05) is 19.1 Å². The Morgan fingerprint density at radius 1 is 1.59 bits per heavy atom. The SMILES string of the molecule is COC(=O)[C@H](CCSC)NC(=O)c1ccco1. The molecule has 0 fully saturated rings. The predicted molar refractivity (Wildman–Crippen MR) is 65.0 cm³/mol. The number of ether oxygens (including phenoxy) is 1. The number of amides is 1. The number of nitrogens with one attached hydrogen (secondary N) is 1. The van der Waals surface area contributed by atoms with Crippen LogP contribution >= 0.6 is 11.8 Å². The first-order valence-corrected chi connectivity index (χ1v) is 6.49. The van der Waals surface area contributed by atoms with Crippen molar-refractivity contribution in [3.8, 4) is 0 Å². The Morgan fingerprint density at radius 2 is 2.35 bits per heavy atom. The fourth-order valence-corrected chi connectivity index (χ4v) is 1.74. The standard InChI is InChI=1S/C11H15NO4S/c1-15-11(14)8(5-7-17-2)12-10(13)9-4-3-6-16-9/h3-4,6,8H,5,7H2,1-2H3,(H,12,13)/t8-/m0/s1. The number of rotatable bonds is 6. The first-order valence-electron chi connectivity index (χ1n) is 5.10. The van der Waals surface area contributed by atoms with E-state index in [-0.39, 0.29) is 5.76 Å². The molecule has 0 aromatic carbocycles. The molecule has 1 amide bonds. The molecule has 94 valence electrons. The lowest BCUT2D eigenvalue weighted by atomic mass is 10.2. The van der Waals surface area contributed by atoms with Crippen LogP contribution in [-0.4, -0.2) is 37.0 Å². The number of methoxy groups -OCH3 is 1. The van der Waals surface area contributed by atoms with Crippen LogP contribution in [0.25, 0.3) is 0 Å². The number of thioether (sulfide) groups is 1. The van der Waals surface area contributed by atoms with E-state index in [1.807, 2.05) is 6.26 Å². The van der Waals surface area contributed by atoms with Crippen LogP contribution in [0.3, 0.4) is 0 Å². The molecule has 6 heteroatoms. The third-order valence-corrected chi connectivity index (χ3v) is 2.79. The topological polar surface area (TPSA) is 68.5 Å². The van der Waals surface area contributed by atoms with Gasteiger partial charge in [-0.1, -0.05) is 0 Å². The molecule has 0 saturated heterocycles. The normalized spacial score (nSPS) is 11.9. The molecule has 0 bridgehead atoms. The summed E-state index contributed by atoms with van der Waals surface area (Å²) in [5, 5.41) is 2.58. The molecule has 1 atom stereocenters. The summed E-state index contributed by atoms with van der Waals surface area (Å²) in [6.45, 7) is 0. The van der Waals surface area contributed by atoms with Gasteiger partial charge in [-0.05, 0) is 30.6 Å². The monoisotopic (exact) mass is 257 g/mol. The van der Waals surface area contributed by atoms with Crippen LogP contribution in [0, 0.1) is 0 Å². The summed E-state index contributed by atoms with van der Waals surface area (Å²) < 4.78 is 9.58. The van der Waals surface area contributed by atoms with Crippen LogP contribution in [0.2, 0.25) is 0 Å². The molecular formula is C11H15NO4S. The Bertz CT molecular complexity index is 364. The van der Waals surface area contributed by atoms with Gasteiger partial charge in [0.1, 0.15) is 6.04 Å². The quantitative estimate of drug-likeness (QED) is 0.778. The molecular weight excluding hydrogens is 242 g/mol. The maximum absolute atomic E-state index is 11.7. The number of hydrogen-bond donors (Lipinski definition) is 1. The number of furan rings is 1. The predicted octanol–water partition coefficient (Wildman–Crippen LogP) is 1.30. The molecule has 1 N–H and O–H groups in total. The second kappa shape index (κ2) is 7.01. The van der Waals surface area contributed by atoms with E-state index in [4.69, 9.17) is 4.42 Å². The molecule has 0 radical (unpaired) electrons. The average molecular weight is 257 g/mol. The van der Waals surface area contributed by atoms with Crippen molar-refractivity contribution < 1.29 is 18.7 Å². The van der Waals surface area contributed by atoms with Crippen molar-refractivity contribution in [3.63, 3.8) is 0 Å². The van der Waals surface area contributed by atoms with E-state index in [2.05, 4.69) is 10.1 Å². The first-order chi connectivity index (χ1) is 8.19. The molecule has 0 aliphatic heterocycles. The summed E-state index contributed by atoms with van der Waals surface area (Å²) >= 11 is 1.60. The molecule has 1 aromatic rings. The van der Waals surface area contributed by atoms with Gasteiger partial charge in [0, 0.05) is 0 Å². The highest BCUT2D eigenvalue weighted by atomic mass is 32.2. The van der Waals surface area contributed by atoms with E-state index in [1.165, 1.54) is 19.4 Å². The van der Waals surface area contributed by atoms with Crippen molar-refractivity contribution in [2.45, 2.75) is 12.5 Å². The molecule has 0 saturated carbocycles. The Balaban J connectivity index is 2.59. The highest BCUT2D eigenvalue weighted by Gasteiger charge is 2.22. The van der Waals surface area contributed by atoms with Gasteiger partial charge in [0.2, 0.25) is 0 Å². The van der Waals surface area contributed by atoms with Crippen LogP contribution in [0.15, 0.2) is 22.8 Å². The third kappa shape index (κ3) is 4.14. The Kier molecular flexibility index (Phi) is 5.62. The Morgan fingerprint density at radius 3 is 2.88 bits per heavy atom. The highest BCUT2D eigenvalue weighted by molar-refractivity contribution is 7.98. The lowest BCUT2D eigenvalue weighted by Crippen LogP contribution is -2.41. The van der Waals surface area contributed by atoms with Crippen molar-refractivity contribution >= 4 is 23.6 Å². The molecule has 1 heterocycles. The summed E-state index contributed by atoms with van der Waals surface area (Å²) in [4.78, 5) is 23.1. The molecule has 0 aliphatic carbocycles. The smallest absolute Gasteiger partial charge is 0.328 e. The molecule has 1 rings (SSSR count). The maximum Gasteiger partial charge on any atom is 0.328 e. The lowest BCUT2D eigenvalue weighted by Gasteiger charge is -2.14. The second-order valence-corrected chi connectivity index (χ2v) is 4.29. The first kappa shape index (κ1) is 13.6. The molecule has 0 spiro atoms. The van der Waals surface area contributed by atoms with Crippen LogP contribution in [-0.2, 0) is 9.53 Å². The van der Waals surface area contributed by atoms with Gasteiger partial charge >= 0.3 is 5.97 Å². The van der Waals surface area contributed by atoms with Crippen molar-refractivity contribution in [1.82, 2.24) is 5.32 Å². The number of esters is 1. The fraction of sp³-hybridized carbons (Fsp3) is 0.455. The van der Waals surface area contributed by atoms with Crippen molar-refractivity contribution in [1.29, 1.82) is 0 Å². The van der Waals surface area contributed by atoms with Crippen molar-refractivity contribution in [2.24, 2.45) is 0 Å². The maximum atomic E-state index is 11.7. The zero-order valence-electron chi connectivity index (χ0n) is 9.76. The number of carbonyl (C=O) groups is 2. The van der Waals surface area contributed by atoms with E-state index in [9.17, 15) is 9.59 Å². The Labute approximate surface area is 104 Å². The lowest BCUT2D eigenvalue weighted by molar-refractivity contribution is -0.142. The van der Waals surface area contributed by atoms with Crippen LogP contribution in [0.1, 0.15) is 17.0 Å². The minimum Gasteiger partial charge on any atom is -0.467 e. The summed E-state index contributed by atoms with van der Waals surface area (Å²) in [6.07, 6.45) is 3.87. The van der Waals surface area contributed by atoms with Gasteiger partial charge in [-0.15, -0.1) is 0 Å². The van der Waals surface area contributed by atoms with Gasteiger partial charge in [-0.25, -0.2) is 4.79 Å². The fourth-order valence-electron chi connectivity index (χ4n) is 1.26. The van der Waals surface area contributed by atoms with E-state index in [0.29, 0.717) is 6.42 Å².